The van der Waals surface area contributed by atoms with Crippen LogP contribution in [0, 0.1) is 0 Å². The fourth-order valence-electron chi connectivity index (χ4n) is 0.735. The van der Waals surface area contributed by atoms with Crippen molar-refractivity contribution in [2.24, 2.45) is 0 Å². The standard InChI is InChI=1S/C6H8O2S/c7-6-5(9)3-1-2-4-8-6/h1-4H2. The first kappa shape index (κ1) is 6.68. The van der Waals surface area contributed by atoms with Crippen molar-refractivity contribution in [3.05, 3.63) is 0 Å². The first-order valence-electron chi connectivity index (χ1n) is 3.00. The highest BCUT2D eigenvalue weighted by Crippen LogP contribution is 2.05. The molecule has 3 heteroatoms. The Morgan fingerprint density at radius 1 is 1.44 bits per heavy atom. The minimum Gasteiger partial charge on any atom is -0.462 e. The quantitative estimate of drug-likeness (QED) is 0.376. The third-order valence-electron chi connectivity index (χ3n) is 1.26. The molecule has 2 nitrogen and oxygen atoms in total. The molecule has 1 heterocycles. The third-order valence-corrected chi connectivity index (χ3v) is 1.63. The molecular formula is C6H8O2S. The van der Waals surface area contributed by atoms with Crippen molar-refractivity contribution in [3.8, 4) is 0 Å². The number of esters is 1. The van der Waals surface area contributed by atoms with Crippen LogP contribution < -0.4 is 0 Å². The molecule has 0 aromatic carbocycles. The maximum absolute atomic E-state index is 10.7. The van der Waals surface area contributed by atoms with Gasteiger partial charge in [-0.25, -0.2) is 4.79 Å². The van der Waals surface area contributed by atoms with Gasteiger partial charge in [-0.1, -0.05) is 12.2 Å². The topological polar surface area (TPSA) is 26.3 Å². The number of hydrogen-bond acceptors (Lipinski definition) is 3. The Labute approximate surface area is 59.2 Å². The van der Waals surface area contributed by atoms with E-state index in [0.29, 0.717) is 11.5 Å². The van der Waals surface area contributed by atoms with E-state index in [9.17, 15) is 4.79 Å². The van der Waals surface area contributed by atoms with Crippen LogP contribution in [0.1, 0.15) is 19.3 Å². The summed E-state index contributed by atoms with van der Waals surface area (Å²) in [4.78, 5) is 11.1. The van der Waals surface area contributed by atoms with Crippen LogP contribution >= 0.6 is 12.2 Å². The van der Waals surface area contributed by atoms with E-state index in [-0.39, 0.29) is 5.97 Å². The molecule has 1 aliphatic rings. The van der Waals surface area contributed by atoms with Gasteiger partial charge >= 0.3 is 5.97 Å². The molecule has 1 saturated heterocycles. The molecule has 0 aromatic heterocycles. The fraction of sp³-hybridized carbons (Fsp3) is 0.667. The Balaban J connectivity index is 2.51. The number of rotatable bonds is 0. The molecule has 1 rings (SSSR count). The van der Waals surface area contributed by atoms with Crippen LogP contribution in [0.3, 0.4) is 0 Å². The minimum absolute atomic E-state index is 0.289. The second-order valence-corrected chi connectivity index (χ2v) is 2.51. The smallest absolute Gasteiger partial charge is 0.344 e. The van der Waals surface area contributed by atoms with Crippen molar-refractivity contribution in [2.45, 2.75) is 19.3 Å². The van der Waals surface area contributed by atoms with Crippen LogP contribution in [0.2, 0.25) is 0 Å². The van der Waals surface area contributed by atoms with Crippen LogP contribution in [0.25, 0.3) is 0 Å². The van der Waals surface area contributed by atoms with Crippen molar-refractivity contribution in [1.29, 1.82) is 0 Å². The molecular weight excluding hydrogens is 136 g/mol. The van der Waals surface area contributed by atoms with Crippen molar-refractivity contribution in [3.63, 3.8) is 0 Å². The third kappa shape index (κ3) is 1.75. The van der Waals surface area contributed by atoms with E-state index in [2.05, 4.69) is 0 Å². The molecule has 0 N–H and O–H groups in total. The largest absolute Gasteiger partial charge is 0.462 e. The molecule has 0 radical (unpaired) electrons. The number of cyclic esters (lactones) is 1. The second-order valence-electron chi connectivity index (χ2n) is 2.02. The van der Waals surface area contributed by atoms with Crippen LogP contribution in [-0.2, 0) is 9.53 Å². The minimum atomic E-state index is -0.289. The van der Waals surface area contributed by atoms with Gasteiger partial charge in [0.05, 0.1) is 6.61 Å². The summed E-state index contributed by atoms with van der Waals surface area (Å²) in [5.41, 5.74) is 0. The molecule has 0 saturated carbocycles. The summed E-state index contributed by atoms with van der Waals surface area (Å²) >= 11 is 4.74. The van der Waals surface area contributed by atoms with E-state index in [1.807, 2.05) is 0 Å². The molecule has 9 heavy (non-hydrogen) atoms. The van der Waals surface area contributed by atoms with Gasteiger partial charge in [0.25, 0.3) is 0 Å². The van der Waals surface area contributed by atoms with Crippen molar-refractivity contribution < 1.29 is 9.53 Å². The predicted molar refractivity (Wildman–Crippen MR) is 37.4 cm³/mol. The molecule has 1 aliphatic heterocycles. The average Bonchev–Trinajstić information content (AvgIpc) is 1.99. The zero-order valence-electron chi connectivity index (χ0n) is 5.05. The average molecular weight is 144 g/mol. The summed E-state index contributed by atoms with van der Waals surface area (Å²) in [6, 6.07) is 0. The number of carbonyl (C=O) groups is 1. The van der Waals surface area contributed by atoms with E-state index in [4.69, 9.17) is 17.0 Å². The van der Waals surface area contributed by atoms with Gasteiger partial charge in [0.1, 0.15) is 4.86 Å². The number of hydrogen-bond donors (Lipinski definition) is 0. The Morgan fingerprint density at radius 3 is 3.00 bits per heavy atom. The SMILES string of the molecule is O=C1OCCCCC1=S. The van der Waals surface area contributed by atoms with E-state index < -0.39 is 0 Å². The van der Waals surface area contributed by atoms with Crippen LogP contribution in [0.5, 0.6) is 0 Å². The van der Waals surface area contributed by atoms with Crippen LogP contribution in [-0.4, -0.2) is 17.4 Å². The van der Waals surface area contributed by atoms with E-state index in [1.54, 1.807) is 0 Å². The fourth-order valence-corrected chi connectivity index (χ4v) is 0.938. The van der Waals surface area contributed by atoms with Crippen LogP contribution in [0.4, 0.5) is 0 Å². The van der Waals surface area contributed by atoms with Crippen LogP contribution in [0.15, 0.2) is 0 Å². The van der Waals surface area contributed by atoms with Gasteiger partial charge in [-0.2, -0.15) is 0 Å². The molecule has 0 aromatic rings. The Kier molecular flexibility index (Phi) is 2.16. The lowest BCUT2D eigenvalue weighted by molar-refractivity contribution is -0.135. The highest BCUT2D eigenvalue weighted by atomic mass is 32.1. The van der Waals surface area contributed by atoms with Gasteiger partial charge in [0.15, 0.2) is 0 Å². The van der Waals surface area contributed by atoms with E-state index >= 15 is 0 Å². The Morgan fingerprint density at radius 2 is 2.22 bits per heavy atom. The summed E-state index contributed by atoms with van der Waals surface area (Å²) in [6.07, 6.45) is 2.67. The molecule has 0 bridgehead atoms. The van der Waals surface area contributed by atoms with E-state index in [0.717, 1.165) is 19.3 Å². The van der Waals surface area contributed by atoms with Crippen molar-refractivity contribution in [1.82, 2.24) is 0 Å². The molecule has 0 aliphatic carbocycles. The number of carbonyl (C=O) groups excluding carboxylic acids is 1. The first-order chi connectivity index (χ1) is 4.30. The summed E-state index contributed by atoms with van der Waals surface area (Å²) < 4.78 is 4.73. The Bertz CT molecular complexity index is 126. The maximum Gasteiger partial charge on any atom is 0.344 e. The van der Waals surface area contributed by atoms with Gasteiger partial charge in [-0.3, -0.25) is 0 Å². The molecule has 0 atom stereocenters. The van der Waals surface area contributed by atoms with Gasteiger partial charge in [-0.05, 0) is 19.3 Å². The second kappa shape index (κ2) is 2.92. The van der Waals surface area contributed by atoms with Crippen molar-refractivity contribution >= 4 is 23.1 Å². The normalized spacial score (nSPS) is 20.9. The summed E-state index contributed by atoms with van der Waals surface area (Å²) in [6.45, 7) is 0.541. The van der Waals surface area contributed by atoms with Gasteiger partial charge in [0, 0.05) is 0 Å². The zero-order valence-corrected chi connectivity index (χ0v) is 5.87. The van der Waals surface area contributed by atoms with Gasteiger partial charge < -0.3 is 4.74 Å². The summed E-state index contributed by atoms with van der Waals surface area (Å²) in [5, 5.41) is 0. The molecule has 1 fully saturated rings. The van der Waals surface area contributed by atoms with Gasteiger partial charge in [0.2, 0.25) is 0 Å². The summed E-state index contributed by atoms with van der Waals surface area (Å²) in [5.74, 6) is -0.289. The maximum atomic E-state index is 10.7. The van der Waals surface area contributed by atoms with Gasteiger partial charge in [-0.15, -0.1) is 0 Å². The molecule has 0 unspecified atom stereocenters. The Hall–Kier alpha value is -0.440. The lowest BCUT2D eigenvalue weighted by atomic mass is 10.2. The molecule has 50 valence electrons. The lowest BCUT2D eigenvalue weighted by Gasteiger charge is -1.95. The highest BCUT2D eigenvalue weighted by molar-refractivity contribution is 7.82. The number of ether oxygens (including phenoxy) is 1. The zero-order chi connectivity index (χ0) is 6.69. The number of thiocarbonyl (C=S) groups is 1. The monoisotopic (exact) mass is 144 g/mol. The lowest BCUT2D eigenvalue weighted by Crippen LogP contribution is -2.11. The highest BCUT2D eigenvalue weighted by Gasteiger charge is 2.13. The van der Waals surface area contributed by atoms with E-state index in [1.165, 1.54) is 0 Å². The predicted octanol–water partition coefficient (Wildman–Crippen LogP) is 1.08. The first-order valence-corrected chi connectivity index (χ1v) is 3.41. The van der Waals surface area contributed by atoms with Crippen molar-refractivity contribution in [2.75, 3.05) is 6.61 Å². The molecule has 0 amide bonds. The molecule has 0 spiro atoms. The summed E-state index contributed by atoms with van der Waals surface area (Å²) in [7, 11) is 0.